The van der Waals surface area contributed by atoms with Crippen LogP contribution in [0.2, 0.25) is 0 Å². The molecule has 1 aromatic carbocycles. The number of aliphatic hydroxyl groups is 1. The van der Waals surface area contributed by atoms with Crippen molar-refractivity contribution in [3.05, 3.63) is 29.8 Å². The molecule has 0 saturated carbocycles. The first-order valence-corrected chi connectivity index (χ1v) is 8.79. The Labute approximate surface area is 138 Å². The lowest BCUT2D eigenvalue weighted by Gasteiger charge is -2.19. The van der Waals surface area contributed by atoms with Crippen molar-refractivity contribution in [1.29, 1.82) is 0 Å². The summed E-state index contributed by atoms with van der Waals surface area (Å²) < 4.78 is 17.1. The van der Waals surface area contributed by atoms with Gasteiger partial charge in [0.15, 0.2) is 11.9 Å². The smallest absolute Gasteiger partial charge is 0.373 e. The van der Waals surface area contributed by atoms with E-state index in [2.05, 4.69) is 0 Å². The van der Waals surface area contributed by atoms with Crippen LogP contribution in [0.15, 0.2) is 24.3 Å². The van der Waals surface area contributed by atoms with Gasteiger partial charge in [0.2, 0.25) is 7.37 Å². The fourth-order valence-corrected chi connectivity index (χ4v) is 3.16. The third-order valence-electron chi connectivity index (χ3n) is 2.90. The molecule has 0 saturated heterocycles. The van der Waals surface area contributed by atoms with E-state index in [0.717, 1.165) is 0 Å². The number of rotatable bonds is 8. The predicted octanol–water partition coefficient (Wildman–Crippen LogP) is 0.565. The molecule has 0 aliphatic carbocycles. The Morgan fingerprint density at radius 1 is 1.33 bits per heavy atom. The first-order chi connectivity index (χ1) is 11.2. The molecule has 0 heterocycles. The van der Waals surface area contributed by atoms with E-state index < -0.39 is 25.3 Å². The van der Waals surface area contributed by atoms with Crippen molar-refractivity contribution in [2.45, 2.75) is 25.3 Å². The van der Waals surface area contributed by atoms with E-state index in [9.17, 15) is 19.4 Å². The van der Waals surface area contributed by atoms with Gasteiger partial charge in [-0.25, -0.2) is 4.79 Å². The average molecular weight is 361 g/mol. The van der Waals surface area contributed by atoms with E-state index in [1.54, 1.807) is 0 Å². The molecule has 0 bridgehead atoms. The Hall–Kier alpha value is -2.02. The van der Waals surface area contributed by atoms with E-state index in [-0.39, 0.29) is 24.4 Å². The van der Waals surface area contributed by atoms with Crippen LogP contribution in [-0.4, -0.2) is 46.0 Å². The molecule has 134 valence electrons. The number of hydrogen-bond donors (Lipinski definition) is 4. The highest BCUT2D eigenvalue weighted by atomic mass is 31.2. The molecular weight excluding hydrogens is 341 g/mol. The van der Waals surface area contributed by atoms with E-state index in [1.165, 1.54) is 31.2 Å². The summed E-state index contributed by atoms with van der Waals surface area (Å²) in [4.78, 5) is 36.7. The van der Waals surface area contributed by atoms with Gasteiger partial charge in [-0.05, 0) is 37.6 Å². The van der Waals surface area contributed by atoms with Crippen molar-refractivity contribution >= 4 is 19.5 Å². The minimum absolute atomic E-state index is 0.0566. The molecule has 1 aromatic rings. The molecule has 0 aliphatic rings. The van der Waals surface area contributed by atoms with Crippen LogP contribution in [0.3, 0.4) is 0 Å². The number of nitrogens with two attached hydrogens (primary N) is 1. The van der Waals surface area contributed by atoms with Gasteiger partial charge in [-0.1, -0.05) is 12.1 Å². The average Bonchev–Trinajstić information content (AvgIpc) is 2.53. The largest absolute Gasteiger partial charge is 0.479 e. The van der Waals surface area contributed by atoms with Crippen molar-refractivity contribution in [1.82, 2.24) is 0 Å². The third-order valence-corrected chi connectivity index (χ3v) is 4.92. The van der Waals surface area contributed by atoms with Gasteiger partial charge in [0.05, 0.1) is 0 Å². The maximum Gasteiger partial charge on any atom is 0.373 e. The van der Waals surface area contributed by atoms with Gasteiger partial charge in [-0.15, -0.1) is 0 Å². The summed E-state index contributed by atoms with van der Waals surface area (Å²) in [5.74, 6) is -2.29. The minimum atomic E-state index is -3.74. The maximum atomic E-state index is 12.0. The number of carbonyl (C=O) groups excluding carboxylic acids is 2. The standard InChI is InChI=1S/C13H20NO6P.CO2/c1-9(12(15)16)20-11-5-3-10(4-6-11)13(17)21(18,19)8-2-7-14;2-1-3/h3-6,9,13,17H,2,7-8,14H2,1H3,(H,15,16)(H,18,19);. The van der Waals surface area contributed by atoms with Gasteiger partial charge in [0, 0.05) is 6.16 Å². The van der Waals surface area contributed by atoms with Gasteiger partial charge in [0.25, 0.3) is 0 Å². The van der Waals surface area contributed by atoms with Crippen molar-refractivity contribution in [3.63, 3.8) is 0 Å². The number of carboxylic acid groups (broad SMARTS) is 1. The van der Waals surface area contributed by atoms with Crippen LogP contribution < -0.4 is 10.5 Å². The van der Waals surface area contributed by atoms with Crippen molar-refractivity contribution in [2.24, 2.45) is 5.73 Å². The molecule has 3 unspecified atom stereocenters. The fraction of sp³-hybridized carbons (Fsp3) is 0.429. The number of carboxylic acids is 1. The molecule has 0 aromatic heterocycles. The first kappa shape index (κ1) is 22.0. The van der Waals surface area contributed by atoms with Gasteiger partial charge >= 0.3 is 12.1 Å². The minimum Gasteiger partial charge on any atom is -0.479 e. The topological polar surface area (TPSA) is 164 Å². The van der Waals surface area contributed by atoms with Crippen LogP contribution in [0, 0.1) is 0 Å². The molecule has 24 heavy (non-hydrogen) atoms. The summed E-state index contributed by atoms with van der Waals surface area (Å²) in [7, 11) is -3.74. The maximum absolute atomic E-state index is 12.0. The quantitative estimate of drug-likeness (QED) is 0.484. The second-order valence-electron chi connectivity index (χ2n) is 4.75. The number of hydrogen-bond acceptors (Lipinski definition) is 7. The molecule has 0 aliphatic heterocycles. The highest BCUT2D eigenvalue weighted by Gasteiger charge is 2.29. The zero-order valence-electron chi connectivity index (χ0n) is 13.0. The van der Waals surface area contributed by atoms with Crippen molar-refractivity contribution in [3.8, 4) is 5.75 Å². The van der Waals surface area contributed by atoms with E-state index in [4.69, 9.17) is 25.2 Å². The summed E-state index contributed by atoms with van der Waals surface area (Å²) in [5.41, 5.74) is 5.56. The highest BCUT2D eigenvalue weighted by molar-refractivity contribution is 7.58. The molecule has 1 rings (SSSR count). The van der Waals surface area contributed by atoms with Gasteiger partial charge in [0.1, 0.15) is 5.75 Å². The zero-order chi connectivity index (χ0) is 18.8. The monoisotopic (exact) mass is 361 g/mol. The van der Waals surface area contributed by atoms with Gasteiger partial charge in [-0.3, -0.25) is 4.57 Å². The molecule has 3 atom stereocenters. The molecule has 0 radical (unpaired) electrons. The number of benzene rings is 1. The van der Waals surface area contributed by atoms with Gasteiger partial charge < -0.3 is 25.6 Å². The Balaban J connectivity index is 0.00000163. The van der Waals surface area contributed by atoms with Crippen molar-refractivity contribution in [2.75, 3.05) is 12.7 Å². The SMILES string of the molecule is CC(Oc1ccc(C(O)P(=O)(O)CCCN)cc1)C(=O)O.O=C=O. The second kappa shape index (κ2) is 10.7. The molecular formula is C14H20NO8P. The Morgan fingerprint density at radius 2 is 1.83 bits per heavy atom. The van der Waals surface area contributed by atoms with Crippen LogP contribution in [0.1, 0.15) is 24.8 Å². The molecule has 0 fully saturated rings. The normalized spacial score (nSPS) is 15.0. The molecule has 10 heteroatoms. The summed E-state index contributed by atoms with van der Waals surface area (Å²) >= 11 is 0. The lowest BCUT2D eigenvalue weighted by molar-refractivity contribution is -0.191. The molecule has 9 nitrogen and oxygen atoms in total. The molecule has 5 N–H and O–H groups in total. The van der Waals surface area contributed by atoms with E-state index >= 15 is 0 Å². The number of aliphatic hydroxyl groups excluding tert-OH is 1. The fourth-order valence-electron chi connectivity index (χ4n) is 1.65. The van der Waals surface area contributed by atoms with Crippen LogP contribution in [-0.2, 0) is 18.9 Å². The Kier molecular flexibility index (Phi) is 9.80. The van der Waals surface area contributed by atoms with E-state index in [1.807, 2.05) is 0 Å². The lowest BCUT2D eigenvalue weighted by Crippen LogP contribution is -2.22. The van der Waals surface area contributed by atoms with E-state index in [0.29, 0.717) is 12.2 Å². The summed E-state index contributed by atoms with van der Waals surface area (Å²) in [5, 5.41) is 18.7. The van der Waals surface area contributed by atoms with Gasteiger partial charge in [-0.2, -0.15) is 9.59 Å². The Morgan fingerprint density at radius 3 is 2.25 bits per heavy atom. The van der Waals surface area contributed by atoms with Crippen molar-refractivity contribution < 1.29 is 38.8 Å². The van der Waals surface area contributed by atoms with Crippen LogP contribution >= 0.6 is 7.37 Å². The lowest BCUT2D eigenvalue weighted by atomic mass is 10.2. The summed E-state index contributed by atoms with van der Waals surface area (Å²) in [6.07, 6.45) is -0.463. The highest BCUT2D eigenvalue weighted by Crippen LogP contribution is 2.54. The summed E-state index contributed by atoms with van der Waals surface area (Å²) in [6.45, 7) is 1.66. The van der Waals surface area contributed by atoms with Crippen LogP contribution in [0.4, 0.5) is 0 Å². The second-order valence-corrected chi connectivity index (χ2v) is 7.19. The third kappa shape index (κ3) is 7.50. The van der Waals surface area contributed by atoms with Crippen LogP contribution in [0.25, 0.3) is 0 Å². The first-order valence-electron chi connectivity index (χ1n) is 6.88. The van der Waals surface area contributed by atoms with Crippen LogP contribution in [0.5, 0.6) is 5.75 Å². The number of aliphatic carboxylic acids is 1. The zero-order valence-corrected chi connectivity index (χ0v) is 13.9. The number of carbonyl (C=O) groups is 1. The molecule has 0 spiro atoms. The Bertz CT molecular complexity index is 597. The predicted molar refractivity (Wildman–Crippen MR) is 82.5 cm³/mol. The summed E-state index contributed by atoms with van der Waals surface area (Å²) in [6, 6.07) is 5.75. The molecule has 0 amide bonds. The number of ether oxygens (including phenoxy) is 1.